The molecule has 0 fully saturated rings. The predicted molar refractivity (Wildman–Crippen MR) is 100 cm³/mol. The van der Waals surface area contributed by atoms with Crippen LogP contribution in [0.3, 0.4) is 0 Å². The molecule has 2 aromatic rings. The van der Waals surface area contributed by atoms with Crippen molar-refractivity contribution in [1.82, 2.24) is 4.31 Å². The van der Waals surface area contributed by atoms with Crippen molar-refractivity contribution in [3.63, 3.8) is 0 Å². The first-order chi connectivity index (χ1) is 12.1. The Hall–Kier alpha value is -2.16. The summed E-state index contributed by atoms with van der Waals surface area (Å²) in [4.78, 5) is 12.4. The standard InChI is InChI=1S/C17H19ClFN3O3S/c1-11(20-13-7-8-16(19)15(18)10-13)17(23)21-12-5-4-6-14(9-12)26(24,25)22(2)3/h4-11,20H,1-3H3,(H,21,23)/t11-/m1/s1. The molecule has 2 rings (SSSR count). The lowest BCUT2D eigenvalue weighted by Crippen LogP contribution is -2.32. The van der Waals surface area contributed by atoms with Gasteiger partial charge in [0.05, 0.1) is 9.92 Å². The van der Waals surface area contributed by atoms with Gasteiger partial charge in [0.2, 0.25) is 15.9 Å². The molecule has 6 nitrogen and oxygen atoms in total. The largest absolute Gasteiger partial charge is 0.374 e. The highest BCUT2D eigenvalue weighted by Crippen LogP contribution is 2.21. The van der Waals surface area contributed by atoms with E-state index in [1.165, 1.54) is 44.4 Å². The van der Waals surface area contributed by atoms with E-state index in [0.717, 1.165) is 4.31 Å². The Morgan fingerprint density at radius 2 is 1.85 bits per heavy atom. The number of hydrogen-bond donors (Lipinski definition) is 2. The molecule has 0 saturated heterocycles. The molecule has 1 amide bonds. The minimum absolute atomic E-state index is 0.0517. The lowest BCUT2D eigenvalue weighted by atomic mass is 10.2. The SMILES string of the molecule is C[C@@H](Nc1ccc(F)c(Cl)c1)C(=O)Nc1cccc(S(=O)(=O)N(C)C)c1. The molecular formula is C17H19ClFN3O3S. The van der Waals surface area contributed by atoms with Crippen molar-refractivity contribution < 1.29 is 17.6 Å². The van der Waals surface area contributed by atoms with E-state index in [2.05, 4.69) is 10.6 Å². The number of sulfonamides is 1. The van der Waals surface area contributed by atoms with Crippen LogP contribution in [0.15, 0.2) is 47.4 Å². The Kier molecular flexibility index (Phi) is 6.22. The van der Waals surface area contributed by atoms with Crippen molar-refractivity contribution in [2.24, 2.45) is 0 Å². The number of anilines is 2. The third-order valence-electron chi connectivity index (χ3n) is 3.58. The molecule has 0 radical (unpaired) electrons. The van der Waals surface area contributed by atoms with Gasteiger partial charge in [-0.25, -0.2) is 17.1 Å². The number of amides is 1. The molecule has 140 valence electrons. The highest BCUT2D eigenvalue weighted by molar-refractivity contribution is 7.89. The third-order valence-corrected chi connectivity index (χ3v) is 5.68. The molecule has 2 aromatic carbocycles. The highest BCUT2D eigenvalue weighted by atomic mass is 35.5. The number of carbonyl (C=O) groups excluding carboxylic acids is 1. The minimum Gasteiger partial charge on any atom is -0.374 e. The Morgan fingerprint density at radius 1 is 1.15 bits per heavy atom. The van der Waals surface area contributed by atoms with E-state index in [4.69, 9.17) is 11.6 Å². The van der Waals surface area contributed by atoms with Crippen molar-refractivity contribution in [3.05, 3.63) is 53.3 Å². The molecule has 0 aromatic heterocycles. The van der Waals surface area contributed by atoms with Crippen LogP contribution in [0.2, 0.25) is 5.02 Å². The summed E-state index contributed by atoms with van der Waals surface area (Å²) in [5.74, 6) is -0.932. The van der Waals surface area contributed by atoms with Crippen LogP contribution in [0.4, 0.5) is 15.8 Å². The van der Waals surface area contributed by atoms with Crippen LogP contribution < -0.4 is 10.6 Å². The van der Waals surface area contributed by atoms with Gasteiger partial charge in [-0.2, -0.15) is 0 Å². The van der Waals surface area contributed by atoms with E-state index in [1.54, 1.807) is 19.1 Å². The van der Waals surface area contributed by atoms with Crippen LogP contribution in [0.25, 0.3) is 0 Å². The quantitative estimate of drug-likeness (QED) is 0.782. The zero-order chi connectivity index (χ0) is 19.5. The van der Waals surface area contributed by atoms with Gasteiger partial charge < -0.3 is 10.6 Å². The van der Waals surface area contributed by atoms with Crippen molar-refractivity contribution in [2.45, 2.75) is 17.9 Å². The van der Waals surface area contributed by atoms with Gasteiger partial charge in [-0.15, -0.1) is 0 Å². The molecule has 1 atom stereocenters. The van der Waals surface area contributed by atoms with E-state index in [0.29, 0.717) is 11.4 Å². The number of carbonyl (C=O) groups is 1. The van der Waals surface area contributed by atoms with Gasteiger partial charge in [-0.1, -0.05) is 17.7 Å². The maximum absolute atomic E-state index is 13.2. The molecule has 26 heavy (non-hydrogen) atoms. The Morgan fingerprint density at radius 3 is 2.46 bits per heavy atom. The lowest BCUT2D eigenvalue weighted by Gasteiger charge is -2.16. The topological polar surface area (TPSA) is 78.5 Å². The van der Waals surface area contributed by atoms with Crippen LogP contribution in [-0.2, 0) is 14.8 Å². The normalized spacial score (nSPS) is 12.7. The molecule has 9 heteroatoms. The maximum Gasteiger partial charge on any atom is 0.246 e. The number of benzene rings is 2. The van der Waals surface area contributed by atoms with Crippen LogP contribution in [0.1, 0.15) is 6.92 Å². The fourth-order valence-corrected chi connectivity index (χ4v) is 3.23. The van der Waals surface area contributed by atoms with Gasteiger partial charge in [0.25, 0.3) is 0 Å². The van der Waals surface area contributed by atoms with E-state index in [-0.39, 0.29) is 15.8 Å². The third kappa shape index (κ3) is 4.72. The molecule has 0 bridgehead atoms. The van der Waals surface area contributed by atoms with Gasteiger partial charge in [0, 0.05) is 25.5 Å². The summed E-state index contributed by atoms with van der Waals surface area (Å²) in [6.45, 7) is 1.62. The van der Waals surface area contributed by atoms with E-state index in [9.17, 15) is 17.6 Å². The first-order valence-electron chi connectivity index (χ1n) is 7.66. The average molecular weight is 400 g/mol. The monoisotopic (exact) mass is 399 g/mol. The summed E-state index contributed by atoms with van der Waals surface area (Å²) in [6.07, 6.45) is 0. The Labute approximate surface area is 157 Å². The Bertz CT molecular complexity index is 919. The molecular weight excluding hydrogens is 381 g/mol. The van der Waals surface area contributed by atoms with Crippen LogP contribution in [-0.4, -0.2) is 38.8 Å². The molecule has 0 saturated carbocycles. The summed E-state index contributed by atoms with van der Waals surface area (Å²) in [6, 6.07) is 9.36. The first kappa shape index (κ1) is 20.2. The second-order valence-electron chi connectivity index (χ2n) is 5.80. The highest BCUT2D eigenvalue weighted by Gasteiger charge is 2.19. The van der Waals surface area contributed by atoms with Crippen LogP contribution in [0.5, 0.6) is 0 Å². The fraction of sp³-hybridized carbons (Fsp3) is 0.235. The van der Waals surface area contributed by atoms with Crippen LogP contribution in [0, 0.1) is 5.82 Å². The number of nitrogens with zero attached hydrogens (tertiary/aromatic N) is 1. The summed E-state index contributed by atoms with van der Waals surface area (Å²) >= 11 is 5.72. The summed E-state index contributed by atoms with van der Waals surface area (Å²) < 4.78 is 38.6. The second kappa shape index (κ2) is 8.03. The summed E-state index contributed by atoms with van der Waals surface area (Å²) in [5, 5.41) is 5.50. The van der Waals surface area contributed by atoms with Gasteiger partial charge in [-0.05, 0) is 43.3 Å². The van der Waals surface area contributed by atoms with E-state index >= 15 is 0 Å². The number of rotatable bonds is 6. The number of nitrogens with one attached hydrogen (secondary N) is 2. The van der Waals surface area contributed by atoms with Gasteiger partial charge in [0.15, 0.2) is 0 Å². The zero-order valence-electron chi connectivity index (χ0n) is 14.5. The van der Waals surface area contributed by atoms with Crippen molar-refractivity contribution >= 4 is 38.9 Å². The van der Waals surface area contributed by atoms with E-state index in [1.807, 2.05) is 0 Å². The molecule has 0 aliphatic rings. The van der Waals surface area contributed by atoms with Crippen molar-refractivity contribution in [3.8, 4) is 0 Å². The molecule has 2 N–H and O–H groups in total. The predicted octanol–water partition coefficient (Wildman–Crippen LogP) is 3.17. The molecule has 0 spiro atoms. The van der Waals surface area contributed by atoms with E-state index < -0.39 is 21.9 Å². The minimum atomic E-state index is -3.60. The Balaban J connectivity index is 2.10. The van der Waals surface area contributed by atoms with Crippen LogP contribution >= 0.6 is 11.6 Å². The van der Waals surface area contributed by atoms with Gasteiger partial charge >= 0.3 is 0 Å². The average Bonchev–Trinajstić information content (AvgIpc) is 2.58. The van der Waals surface area contributed by atoms with Crippen molar-refractivity contribution in [2.75, 3.05) is 24.7 Å². The number of halogens is 2. The first-order valence-corrected chi connectivity index (χ1v) is 9.48. The second-order valence-corrected chi connectivity index (χ2v) is 8.36. The summed E-state index contributed by atoms with van der Waals surface area (Å²) in [7, 11) is -0.735. The van der Waals surface area contributed by atoms with Gasteiger partial charge in [-0.3, -0.25) is 4.79 Å². The number of hydrogen-bond acceptors (Lipinski definition) is 4. The summed E-state index contributed by atoms with van der Waals surface area (Å²) in [5.41, 5.74) is 0.840. The lowest BCUT2D eigenvalue weighted by molar-refractivity contribution is -0.116. The van der Waals surface area contributed by atoms with Crippen molar-refractivity contribution in [1.29, 1.82) is 0 Å². The molecule has 0 aliphatic heterocycles. The smallest absolute Gasteiger partial charge is 0.246 e. The molecule has 0 unspecified atom stereocenters. The molecule has 0 heterocycles. The maximum atomic E-state index is 13.2. The molecule has 0 aliphatic carbocycles. The van der Waals surface area contributed by atoms with Gasteiger partial charge in [0.1, 0.15) is 11.9 Å². The fourth-order valence-electron chi connectivity index (χ4n) is 2.10. The zero-order valence-corrected chi connectivity index (χ0v) is 16.0.